The van der Waals surface area contributed by atoms with Gasteiger partial charge in [0.25, 0.3) is 10.0 Å². The molecule has 0 radical (unpaired) electrons. The van der Waals surface area contributed by atoms with Gasteiger partial charge in [0.05, 0.1) is 3.79 Å². The van der Waals surface area contributed by atoms with Gasteiger partial charge in [-0.1, -0.05) is 0 Å². The molecule has 2 aliphatic heterocycles. The summed E-state index contributed by atoms with van der Waals surface area (Å²) in [6.07, 6.45) is 3.25. The minimum atomic E-state index is -3.33. The van der Waals surface area contributed by atoms with E-state index in [1.165, 1.54) is 17.8 Å². The molecule has 2 aliphatic rings. The van der Waals surface area contributed by atoms with Crippen molar-refractivity contribution in [2.24, 2.45) is 0 Å². The van der Waals surface area contributed by atoms with Crippen molar-refractivity contribution >= 4 is 37.3 Å². The molecule has 0 aromatic carbocycles. The fraction of sp³-hybridized carbons (Fsp3) is 0.692. The van der Waals surface area contributed by atoms with E-state index in [9.17, 15) is 8.42 Å². The fourth-order valence-electron chi connectivity index (χ4n) is 3.08. The predicted octanol–water partition coefficient (Wildman–Crippen LogP) is 2.68. The van der Waals surface area contributed by atoms with Crippen LogP contribution in [0.3, 0.4) is 0 Å². The Balaban J connectivity index is 1.86. The second-order valence-corrected chi connectivity index (χ2v) is 10.1. The van der Waals surface area contributed by atoms with Crippen molar-refractivity contribution in [3.63, 3.8) is 0 Å². The Kier molecular flexibility index (Phi) is 4.25. The molecule has 1 unspecified atom stereocenters. The molecule has 4 nitrogen and oxygen atoms in total. The van der Waals surface area contributed by atoms with E-state index in [2.05, 4.69) is 20.8 Å². The molecule has 112 valence electrons. The third-order valence-corrected chi connectivity index (χ3v) is 8.65. The van der Waals surface area contributed by atoms with Crippen molar-refractivity contribution in [2.75, 3.05) is 26.2 Å². The monoisotopic (exact) mass is 378 g/mol. The van der Waals surface area contributed by atoms with Crippen LogP contribution in [0.1, 0.15) is 24.8 Å². The van der Waals surface area contributed by atoms with Crippen LogP contribution in [0.25, 0.3) is 0 Å². The van der Waals surface area contributed by atoms with E-state index in [1.807, 2.05) is 6.92 Å². The van der Waals surface area contributed by atoms with Crippen molar-refractivity contribution in [2.45, 2.75) is 36.4 Å². The molecule has 1 atom stereocenters. The lowest BCUT2D eigenvalue weighted by Crippen LogP contribution is -2.39. The molecule has 0 amide bonds. The number of thiophene rings is 1. The number of hydrogen-bond acceptors (Lipinski definition) is 4. The molecule has 0 bridgehead atoms. The third-order valence-electron chi connectivity index (χ3n) is 4.20. The van der Waals surface area contributed by atoms with Crippen molar-refractivity contribution in [1.29, 1.82) is 0 Å². The van der Waals surface area contributed by atoms with Crippen LogP contribution >= 0.6 is 27.3 Å². The molecule has 2 saturated heterocycles. The zero-order valence-electron chi connectivity index (χ0n) is 11.5. The SMILES string of the molecule is Cc1cc(S(=O)(=O)N2CCCN3CCCC3C2)sc1Br. The minimum Gasteiger partial charge on any atom is -0.299 e. The highest BCUT2D eigenvalue weighted by Crippen LogP contribution is 2.33. The van der Waals surface area contributed by atoms with Gasteiger partial charge in [-0.25, -0.2) is 8.42 Å². The smallest absolute Gasteiger partial charge is 0.252 e. The number of fused-ring (bicyclic) bond motifs is 1. The molecule has 1 aromatic heterocycles. The van der Waals surface area contributed by atoms with Gasteiger partial charge in [-0.15, -0.1) is 11.3 Å². The van der Waals surface area contributed by atoms with E-state index in [-0.39, 0.29) is 0 Å². The molecule has 1 aromatic rings. The largest absolute Gasteiger partial charge is 0.299 e. The number of sulfonamides is 1. The molecule has 3 rings (SSSR count). The van der Waals surface area contributed by atoms with Gasteiger partial charge in [0.1, 0.15) is 4.21 Å². The van der Waals surface area contributed by atoms with Gasteiger partial charge in [-0.05, 0) is 66.8 Å². The molecule has 0 saturated carbocycles. The van der Waals surface area contributed by atoms with Crippen molar-refractivity contribution < 1.29 is 8.42 Å². The first-order chi connectivity index (χ1) is 9.48. The van der Waals surface area contributed by atoms with Gasteiger partial charge < -0.3 is 0 Å². The molecule has 0 aliphatic carbocycles. The van der Waals surface area contributed by atoms with E-state index in [1.54, 1.807) is 10.4 Å². The van der Waals surface area contributed by atoms with Gasteiger partial charge in [0.15, 0.2) is 0 Å². The van der Waals surface area contributed by atoms with Gasteiger partial charge in [0, 0.05) is 19.1 Å². The zero-order chi connectivity index (χ0) is 14.3. The highest BCUT2D eigenvalue weighted by atomic mass is 79.9. The highest BCUT2D eigenvalue weighted by Gasteiger charge is 2.35. The van der Waals surface area contributed by atoms with Gasteiger partial charge >= 0.3 is 0 Å². The lowest BCUT2D eigenvalue weighted by molar-refractivity contribution is 0.257. The normalized spacial score (nSPS) is 25.6. The Morgan fingerprint density at radius 2 is 2.05 bits per heavy atom. The van der Waals surface area contributed by atoms with E-state index >= 15 is 0 Å². The number of aryl methyl sites for hydroxylation is 1. The maximum absolute atomic E-state index is 12.8. The van der Waals surface area contributed by atoms with Crippen molar-refractivity contribution in [3.05, 3.63) is 15.4 Å². The summed E-state index contributed by atoms with van der Waals surface area (Å²) in [6.45, 7) is 5.38. The standard InChI is InChI=1S/C13H19BrN2O2S2/c1-10-8-12(19-13(10)14)20(17,18)16-7-3-6-15-5-2-4-11(15)9-16/h8,11H,2-7,9H2,1H3. The summed E-state index contributed by atoms with van der Waals surface area (Å²) in [5.74, 6) is 0. The number of rotatable bonds is 2. The molecule has 20 heavy (non-hydrogen) atoms. The summed E-state index contributed by atoms with van der Waals surface area (Å²) in [4.78, 5) is 2.45. The molecular formula is C13H19BrN2O2S2. The van der Waals surface area contributed by atoms with E-state index < -0.39 is 10.0 Å². The number of halogens is 1. The van der Waals surface area contributed by atoms with Crippen LogP contribution < -0.4 is 0 Å². The summed E-state index contributed by atoms with van der Waals surface area (Å²) < 4.78 is 28.7. The Bertz CT molecular complexity index is 580. The van der Waals surface area contributed by atoms with Crippen LogP contribution in [0, 0.1) is 6.92 Å². The van der Waals surface area contributed by atoms with Crippen LogP contribution in [0.15, 0.2) is 14.1 Å². The first kappa shape index (κ1) is 15.0. The Hall–Kier alpha value is 0.0500. The van der Waals surface area contributed by atoms with Gasteiger partial charge in [-0.3, -0.25) is 4.90 Å². The van der Waals surface area contributed by atoms with E-state index in [0.29, 0.717) is 23.3 Å². The zero-order valence-corrected chi connectivity index (χ0v) is 14.7. The van der Waals surface area contributed by atoms with E-state index in [0.717, 1.165) is 35.3 Å². The summed E-state index contributed by atoms with van der Waals surface area (Å²) in [7, 11) is -3.33. The van der Waals surface area contributed by atoms with Crippen LogP contribution in [-0.2, 0) is 10.0 Å². The fourth-order valence-corrected chi connectivity index (χ4v) is 6.97. The number of hydrogen-bond donors (Lipinski definition) is 0. The molecular weight excluding hydrogens is 360 g/mol. The van der Waals surface area contributed by atoms with E-state index in [4.69, 9.17) is 0 Å². The highest BCUT2D eigenvalue weighted by molar-refractivity contribution is 9.11. The quantitative estimate of drug-likeness (QED) is 0.793. The second-order valence-electron chi connectivity index (χ2n) is 5.57. The summed E-state index contributed by atoms with van der Waals surface area (Å²) in [6, 6.07) is 2.19. The second kappa shape index (κ2) is 5.68. The average molecular weight is 379 g/mol. The molecule has 2 fully saturated rings. The number of nitrogens with zero attached hydrogens (tertiary/aromatic N) is 2. The summed E-state index contributed by atoms with van der Waals surface area (Å²) >= 11 is 4.74. The molecule has 0 spiro atoms. The van der Waals surface area contributed by atoms with Crippen LogP contribution in [0.4, 0.5) is 0 Å². The lowest BCUT2D eigenvalue weighted by atomic mass is 10.2. The maximum Gasteiger partial charge on any atom is 0.252 e. The lowest BCUT2D eigenvalue weighted by Gasteiger charge is -2.24. The van der Waals surface area contributed by atoms with Crippen molar-refractivity contribution in [1.82, 2.24) is 9.21 Å². The Morgan fingerprint density at radius 3 is 2.75 bits per heavy atom. The van der Waals surface area contributed by atoms with Gasteiger partial charge in [0.2, 0.25) is 0 Å². The molecule has 0 N–H and O–H groups in total. The Morgan fingerprint density at radius 1 is 1.30 bits per heavy atom. The van der Waals surface area contributed by atoms with Crippen molar-refractivity contribution in [3.8, 4) is 0 Å². The third kappa shape index (κ3) is 2.70. The summed E-state index contributed by atoms with van der Waals surface area (Å²) in [5, 5.41) is 0. The van der Waals surface area contributed by atoms with Crippen LogP contribution in [0.2, 0.25) is 0 Å². The first-order valence-electron chi connectivity index (χ1n) is 6.98. The predicted molar refractivity (Wildman–Crippen MR) is 84.7 cm³/mol. The molecule has 3 heterocycles. The minimum absolute atomic E-state index is 0.414. The van der Waals surface area contributed by atoms with Crippen LogP contribution in [-0.4, -0.2) is 49.8 Å². The maximum atomic E-state index is 12.8. The Labute approximate surface area is 132 Å². The first-order valence-corrected chi connectivity index (χ1v) is 10.0. The average Bonchev–Trinajstić information content (AvgIpc) is 2.91. The van der Waals surface area contributed by atoms with Gasteiger partial charge in [-0.2, -0.15) is 4.31 Å². The molecule has 7 heteroatoms. The summed E-state index contributed by atoms with van der Waals surface area (Å²) in [5.41, 5.74) is 0.992. The topological polar surface area (TPSA) is 40.6 Å². The van der Waals surface area contributed by atoms with Crippen LogP contribution in [0.5, 0.6) is 0 Å².